The van der Waals surface area contributed by atoms with Crippen molar-refractivity contribution < 1.29 is 28.3 Å². The average molecular weight is 505 g/mol. The van der Waals surface area contributed by atoms with Crippen molar-refractivity contribution >= 4 is 23.2 Å². The smallest absolute Gasteiger partial charge is 0.266 e. The second kappa shape index (κ2) is 10.6. The maximum absolute atomic E-state index is 14.6. The molecule has 37 heavy (non-hydrogen) atoms. The van der Waals surface area contributed by atoms with Crippen LogP contribution < -0.4 is 19.4 Å². The lowest BCUT2D eigenvalue weighted by atomic mass is 9.90. The fourth-order valence-electron chi connectivity index (χ4n) is 4.85. The average Bonchev–Trinajstić information content (AvgIpc) is 3.42. The van der Waals surface area contributed by atoms with Crippen LogP contribution >= 0.6 is 0 Å². The number of benzene rings is 3. The van der Waals surface area contributed by atoms with Gasteiger partial charge in [0.25, 0.3) is 5.91 Å². The van der Waals surface area contributed by atoms with E-state index in [0.29, 0.717) is 30.4 Å². The molecule has 5 rings (SSSR count). The van der Waals surface area contributed by atoms with Crippen LogP contribution in [0.2, 0.25) is 0 Å². The quantitative estimate of drug-likeness (QED) is 0.285. The zero-order valence-corrected chi connectivity index (χ0v) is 20.8. The van der Waals surface area contributed by atoms with Gasteiger partial charge < -0.3 is 9.47 Å². The maximum atomic E-state index is 14.6. The van der Waals surface area contributed by atoms with E-state index in [9.17, 15) is 14.0 Å². The third-order valence-corrected chi connectivity index (χ3v) is 6.58. The number of imide groups is 1. The summed E-state index contributed by atoms with van der Waals surface area (Å²) in [6, 6.07) is 19.9. The molecule has 0 aromatic heterocycles. The molecule has 7 nitrogen and oxygen atoms in total. The minimum absolute atomic E-state index is 0.0739. The summed E-state index contributed by atoms with van der Waals surface area (Å²) in [5.74, 6) is -1.46. The van der Waals surface area contributed by atoms with Crippen molar-refractivity contribution in [3.8, 4) is 11.5 Å². The third kappa shape index (κ3) is 4.53. The minimum Gasteiger partial charge on any atom is -0.490 e. The Labute approximate surface area is 215 Å². The zero-order chi connectivity index (χ0) is 25.9. The number of anilines is 2. The lowest BCUT2D eigenvalue weighted by Crippen LogP contribution is -2.37. The molecular formula is C29H29FN2O5. The van der Waals surface area contributed by atoms with Gasteiger partial charge in [0.15, 0.2) is 17.6 Å². The predicted molar refractivity (Wildman–Crippen MR) is 137 cm³/mol. The first-order valence-electron chi connectivity index (χ1n) is 12.6. The van der Waals surface area contributed by atoms with Gasteiger partial charge in [0.05, 0.1) is 30.6 Å². The molecule has 2 aliphatic heterocycles. The lowest BCUT2D eigenvalue weighted by Gasteiger charge is -2.29. The lowest BCUT2D eigenvalue weighted by molar-refractivity contribution is -0.126. The molecule has 192 valence electrons. The first kappa shape index (κ1) is 24.8. The van der Waals surface area contributed by atoms with Crippen molar-refractivity contribution in [3.05, 3.63) is 84.2 Å². The summed E-state index contributed by atoms with van der Waals surface area (Å²) in [7, 11) is 0. The van der Waals surface area contributed by atoms with Gasteiger partial charge in [0, 0.05) is 0 Å². The summed E-state index contributed by atoms with van der Waals surface area (Å²) in [4.78, 5) is 34.2. The number of rotatable bonds is 9. The summed E-state index contributed by atoms with van der Waals surface area (Å²) < 4.78 is 26.4. The third-order valence-electron chi connectivity index (χ3n) is 6.58. The zero-order valence-electron chi connectivity index (χ0n) is 20.8. The molecule has 0 saturated carbocycles. The van der Waals surface area contributed by atoms with Gasteiger partial charge in [-0.2, -0.15) is 0 Å². The van der Waals surface area contributed by atoms with Crippen LogP contribution in [-0.4, -0.2) is 31.1 Å². The predicted octanol–water partition coefficient (Wildman–Crippen LogP) is 5.45. The fourth-order valence-corrected chi connectivity index (χ4v) is 4.85. The highest BCUT2D eigenvalue weighted by Gasteiger charge is 2.60. The first-order valence-corrected chi connectivity index (χ1v) is 12.6. The number of ether oxygens (including phenoxy) is 2. The molecular weight excluding hydrogens is 475 g/mol. The van der Waals surface area contributed by atoms with Crippen LogP contribution in [0.4, 0.5) is 15.8 Å². The van der Waals surface area contributed by atoms with Crippen molar-refractivity contribution in [2.24, 2.45) is 5.92 Å². The highest BCUT2D eigenvalue weighted by Crippen LogP contribution is 2.49. The van der Waals surface area contributed by atoms with Gasteiger partial charge in [-0.05, 0) is 55.3 Å². The molecule has 0 aliphatic carbocycles. The van der Waals surface area contributed by atoms with Crippen LogP contribution in [0.5, 0.6) is 11.5 Å². The molecule has 8 heteroatoms. The van der Waals surface area contributed by atoms with Crippen molar-refractivity contribution in [3.63, 3.8) is 0 Å². The summed E-state index contributed by atoms with van der Waals surface area (Å²) in [6.07, 6.45) is 0.830. The van der Waals surface area contributed by atoms with E-state index >= 15 is 0 Å². The Kier molecular flexibility index (Phi) is 7.10. The van der Waals surface area contributed by atoms with Crippen molar-refractivity contribution in [1.82, 2.24) is 0 Å². The number of carbonyl (C=O) groups is 2. The van der Waals surface area contributed by atoms with Crippen LogP contribution in [0.25, 0.3) is 0 Å². The second-order valence-corrected chi connectivity index (χ2v) is 8.96. The SMILES string of the molecule is CCCCOc1ccc(C2C3C(=O)N(c4ccccc4F)C(=O)C3ON2c2ccccc2)cc1OCC. The highest BCUT2D eigenvalue weighted by atomic mass is 19.1. The van der Waals surface area contributed by atoms with Crippen molar-refractivity contribution in [2.75, 3.05) is 23.2 Å². The van der Waals surface area contributed by atoms with Gasteiger partial charge >= 0.3 is 0 Å². The number of carbonyl (C=O) groups excluding carboxylic acids is 2. The number of hydroxylamine groups is 1. The largest absolute Gasteiger partial charge is 0.490 e. The van der Waals surface area contributed by atoms with Crippen LogP contribution in [-0.2, 0) is 14.4 Å². The number of para-hydroxylation sites is 2. The van der Waals surface area contributed by atoms with Gasteiger partial charge in [-0.1, -0.05) is 49.7 Å². The molecule has 0 bridgehead atoms. The van der Waals surface area contributed by atoms with Gasteiger partial charge in [-0.3, -0.25) is 14.4 Å². The summed E-state index contributed by atoms with van der Waals surface area (Å²) >= 11 is 0. The number of hydrogen-bond acceptors (Lipinski definition) is 6. The first-order chi connectivity index (χ1) is 18.0. The normalized spacial score (nSPS) is 20.9. The molecule has 3 unspecified atom stereocenters. The van der Waals surface area contributed by atoms with Gasteiger partial charge in [0.1, 0.15) is 11.7 Å². The van der Waals surface area contributed by atoms with Gasteiger partial charge in [-0.15, -0.1) is 0 Å². The Morgan fingerprint density at radius 2 is 1.65 bits per heavy atom. The number of nitrogens with zero attached hydrogens (tertiary/aromatic N) is 2. The molecule has 3 aromatic carbocycles. The second-order valence-electron chi connectivity index (χ2n) is 8.96. The van der Waals surface area contributed by atoms with E-state index in [4.69, 9.17) is 14.3 Å². The van der Waals surface area contributed by atoms with Crippen LogP contribution in [0.1, 0.15) is 38.3 Å². The molecule has 3 aromatic rings. The molecule has 2 aliphatic rings. The van der Waals surface area contributed by atoms with Gasteiger partial charge in [0.2, 0.25) is 5.91 Å². The van der Waals surface area contributed by atoms with E-state index in [1.807, 2.05) is 55.5 Å². The van der Waals surface area contributed by atoms with E-state index in [1.54, 1.807) is 11.1 Å². The van der Waals surface area contributed by atoms with Crippen LogP contribution in [0, 0.1) is 11.7 Å². The molecule has 0 spiro atoms. The Morgan fingerprint density at radius 3 is 2.38 bits per heavy atom. The van der Waals surface area contributed by atoms with Crippen molar-refractivity contribution in [2.45, 2.75) is 38.8 Å². The number of amides is 2. The summed E-state index contributed by atoms with van der Waals surface area (Å²) in [5.41, 5.74) is 1.34. The van der Waals surface area contributed by atoms with E-state index in [0.717, 1.165) is 23.3 Å². The minimum atomic E-state index is -1.09. The molecule has 3 atom stereocenters. The van der Waals surface area contributed by atoms with E-state index in [1.165, 1.54) is 18.2 Å². The molecule has 2 amide bonds. The van der Waals surface area contributed by atoms with E-state index in [-0.39, 0.29) is 5.69 Å². The standard InChI is InChI=1S/C29H29FN2O5/c1-3-5-17-36-23-16-15-19(18-24(23)35-4-2)26-25-27(37-32(26)20-11-7-6-8-12-20)29(34)31(28(25)33)22-14-10-9-13-21(22)30/h6-16,18,25-27H,3-5,17H2,1-2H3. The molecule has 2 heterocycles. The molecule has 0 N–H and O–H groups in total. The van der Waals surface area contributed by atoms with E-state index in [2.05, 4.69) is 6.92 Å². The number of unbranched alkanes of at least 4 members (excludes halogenated alkanes) is 1. The highest BCUT2D eigenvalue weighted by molar-refractivity contribution is 6.24. The molecule has 2 saturated heterocycles. The Morgan fingerprint density at radius 1 is 0.892 bits per heavy atom. The van der Waals surface area contributed by atoms with E-state index < -0.39 is 35.7 Å². The number of halogens is 1. The fraction of sp³-hybridized carbons (Fsp3) is 0.310. The molecule has 0 radical (unpaired) electrons. The van der Waals surface area contributed by atoms with Crippen molar-refractivity contribution in [1.29, 1.82) is 0 Å². The Bertz CT molecular complexity index is 1280. The number of fused-ring (bicyclic) bond motifs is 1. The van der Waals surface area contributed by atoms with Gasteiger partial charge in [-0.25, -0.2) is 14.4 Å². The van der Waals surface area contributed by atoms with Crippen LogP contribution in [0.15, 0.2) is 72.8 Å². The summed E-state index contributed by atoms with van der Waals surface area (Å²) in [5, 5.41) is 1.60. The summed E-state index contributed by atoms with van der Waals surface area (Å²) in [6.45, 7) is 4.98. The maximum Gasteiger partial charge on any atom is 0.266 e. The number of hydrogen-bond donors (Lipinski definition) is 0. The van der Waals surface area contributed by atoms with Crippen LogP contribution in [0.3, 0.4) is 0 Å². The Balaban J connectivity index is 1.56. The monoisotopic (exact) mass is 504 g/mol. The topological polar surface area (TPSA) is 68.3 Å². The Hall–Kier alpha value is -3.91. The molecule has 2 fully saturated rings.